The summed E-state index contributed by atoms with van der Waals surface area (Å²) in [5.41, 5.74) is 17.5. The van der Waals surface area contributed by atoms with Crippen LogP contribution in [0.1, 0.15) is 0 Å². The lowest BCUT2D eigenvalue weighted by molar-refractivity contribution is 1.28. The van der Waals surface area contributed by atoms with Gasteiger partial charge in [-0.1, -0.05) is 212 Å². The van der Waals surface area contributed by atoms with Gasteiger partial charge in [0.05, 0.1) is 5.69 Å². The smallest absolute Gasteiger partial charge is 0.0546 e. The number of benzene rings is 10. The second-order valence-electron chi connectivity index (χ2n) is 14.9. The van der Waals surface area contributed by atoms with Crippen LogP contribution in [0.15, 0.2) is 249 Å². The average molecular weight is 752 g/mol. The fourth-order valence-corrected chi connectivity index (χ4v) is 8.47. The minimum atomic E-state index is 1.08. The molecule has 0 saturated carbocycles. The Bertz CT molecular complexity index is 3020. The van der Waals surface area contributed by atoms with E-state index < -0.39 is 0 Å². The number of hydrogen-bond acceptors (Lipinski definition) is 1. The Morgan fingerprint density at radius 2 is 0.712 bits per heavy atom. The molecule has 0 unspecified atom stereocenters. The zero-order valence-corrected chi connectivity index (χ0v) is 32.6. The molecule has 1 heteroatoms. The molecular formula is C58H41N. The molecule has 10 aromatic carbocycles. The van der Waals surface area contributed by atoms with Crippen LogP contribution in [0.2, 0.25) is 0 Å². The first-order chi connectivity index (χ1) is 29.3. The zero-order chi connectivity index (χ0) is 39.4. The molecule has 0 atom stereocenters. The monoisotopic (exact) mass is 751 g/mol. The van der Waals surface area contributed by atoms with Crippen molar-refractivity contribution in [2.24, 2.45) is 0 Å². The quantitative estimate of drug-likeness (QED) is 0.142. The van der Waals surface area contributed by atoms with Crippen molar-refractivity contribution >= 4 is 27.8 Å². The lowest BCUT2D eigenvalue weighted by atomic mass is 9.87. The molecule has 0 aliphatic carbocycles. The van der Waals surface area contributed by atoms with Gasteiger partial charge in [0, 0.05) is 16.9 Å². The van der Waals surface area contributed by atoms with Gasteiger partial charge in [-0.2, -0.15) is 0 Å². The van der Waals surface area contributed by atoms with Crippen LogP contribution in [0.25, 0.3) is 77.5 Å². The number of rotatable bonds is 9. The van der Waals surface area contributed by atoms with Crippen LogP contribution in [0.4, 0.5) is 17.1 Å². The molecule has 0 N–H and O–H groups in total. The topological polar surface area (TPSA) is 3.24 Å². The molecule has 10 rings (SSSR count). The van der Waals surface area contributed by atoms with Gasteiger partial charge in [-0.25, -0.2) is 0 Å². The summed E-state index contributed by atoms with van der Waals surface area (Å²) >= 11 is 0. The molecule has 0 spiro atoms. The van der Waals surface area contributed by atoms with E-state index in [1.165, 1.54) is 77.5 Å². The third-order valence-electron chi connectivity index (χ3n) is 11.3. The van der Waals surface area contributed by atoms with Crippen molar-refractivity contribution in [3.8, 4) is 66.8 Å². The maximum absolute atomic E-state index is 2.45. The van der Waals surface area contributed by atoms with E-state index in [0.717, 1.165) is 17.1 Å². The molecular weight excluding hydrogens is 711 g/mol. The highest BCUT2D eigenvalue weighted by molar-refractivity contribution is 6.02. The van der Waals surface area contributed by atoms with Gasteiger partial charge in [0.15, 0.2) is 0 Å². The van der Waals surface area contributed by atoms with Gasteiger partial charge in [-0.15, -0.1) is 0 Å². The van der Waals surface area contributed by atoms with Crippen molar-refractivity contribution in [2.45, 2.75) is 0 Å². The predicted octanol–water partition coefficient (Wildman–Crippen LogP) is 16.3. The van der Waals surface area contributed by atoms with Crippen LogP contribution in [-0.2, 0) is 0 Å². The fraction of sp³-hybridized carbons (Fsp3) is 0. The third-order valence-corrected chi connectivity index (χ3v) is 11.3. The molecule has 0 aromatic heterocycles. The predicted molar refractivity (Wildman–Crippen MR) is 251 cm³/mol. The van der Waals surface area contributed by atoms with Gasteiger partial charge in [0.1, 0.15) is 0 Å². The van der Waals surface area contributed by atoms with Crippen molar-refractivity contribution < 1.29 is 0 Å². The molecule has 278 valence electrons. The summed E-state index contributed by atoms with van der Waals surface area (Å²) in [4.78, 5) is 2.45. The van der Waals surface area contributed by atoms with Crippen molar-refractivity contribution in [1.82, 2.24) is 0 Å². The van der Waals surface area contributed by atoms with Crippen molar-refractivity contribution in [2.75, 3.05) is 4.90 Å². The summed E-state index contributed by atoms with van der Waals surface area (Å²) in [6.07, 6.45) is 0. The fourth-order valence-electron chi connectivity index (χ4n) is 8.47. The third kappa shape index (κ3) is 7.12. The molecule has 0 aliphatic rings. The first kappa shape index (κ1) is 35.7. The Hall–Kier alpha value is -7.74. The number of anilines is 3. The minimum Gasteiger partial charge on any atom is -0.310 e. The lowest BCUT2D eigenvalue weighted by Crippen LogP contribution is -2.12. The molecule has 0 bridgehead atoms. The summed E-state index contributed by atoms with van der Waals surface area (Å²) in [5, 5.41) is 2.47. The van der Waals surface area contributed by atoms with Gasteiger partial charge < -0.3 is 4.90 Å². The standard InChI is InChI=1S/C58H41N/c1-4-18-42(19-5-1)47-26-14-27-48(40-47)43-36-38-50(39-37-43)59(51-29-15-28-49(41-51)54-33-16-25-45-24-10-11-30-52(45)54)57-35-17-34-55(46-22-8-3-9-23-46)58(57)56-32-13-12-31-53(56)44-20-6-2-7-21-44/h1-41H. The summed E-state index contributed by atoms with van der Waals surface area (Å²) in [5.74, 6) is 0. The molecule has 10 aromatic rings. The van der Waals surface area contributed by atoms with Crippen LogP contribution in [-0.4, -0.2) is 0 Å². The molecule has 1 nitrogen and oxygen atoms in total. The molecule has 0 saturated heterocycles. The minimum absolute atomic E-state index is 1.08. The van der Waals surface area contributed by atoms with E-state index in [2.05, 4.69) is 254 Å². The maximum atomic E-state index is 2.45. The Kier molecular flexibility index (Phi) is 9.68. The molecule has 0 radical (unpaired) electrons. The molecule has 0 fully saturated rings. The Labute approximate surface area is 346 Å². The van der Waals surface area contributed by atoms with Crippen LogP contribution < -0.4 is 4.90 Å². The van der Waals surface area contributed by atoms with E-state index in [0.29, 0.717) is 0 Å². The summed E-state index contributed by atoms with van der Waals surface area (Å²) in [6, 6.07) is 89.9. The van der Waals surface area contributed by atoms with Crippen molar-refractivity contribution in [1.29, 1.82) is 0 Å². The second-order valence-corrected chi connectivity index (χ2v) is 14.9. The highest BCUT2D eigenvalue weighted by atomic mass is 15.1. The van der Waals surface area contributed by atoms with E-state index in [1.807, 2.05) is 0 Å². The molecule has 0 aliphatic heterocycles. The van der Waals surface area contributed by atoms with E-state index in [4.69, 9.17) is 0 Å². The average Bonchev–Trinajstić information content (AvgIpc) is 3.32. The lowest BCUT2D eigenvalue weighted by Gasteiger charge is -2.30. The maximum Gasteiger partial charge on any atom is 0.0546 e. The Balaban J connectivity index is 1.19. The normalized spacial score (nSPS) is 11.1. The largest absolute Gasteiger partial charge is 0.310 e. The Morgan fingerprint density at radius 3 is 1.44 bits per heavy atom. The highest BCUT2D eigenvalue weighted by Crippen LogP contribution is 2.48. The second kappa shape index (κ2) is 16.0. The van der Waals surface area contributed by atoms with Crippen molar-refractivity contribution in [3.63, 3.8) is 0 Å². The van der Waals surface area contributed by atoms with Gasteiger partial charge in [0.25, 0.3) is 0 Å². The van der Waals surface area contributed by atoms with E-state index in [9.17, 15) is 0 Å². The number of fused-ring (bicyclic) bond motifs is 1. The van der Waals surface area contributed by atoms with Crippen LogP contribution in [0.5, 0.6) is 0 Å². The van der Waals surface area contributed by atoms with Crippen LogP contribution >= 0.6 is 0 Å². The first-order valence-corrected chi connectivity index (χ1v) is 20.3. The summed E-state index contributed by atoms with van der Waals surface area (Å²) in [6.45, 7) is 0. The van der Waals surface area contributed by atoms with Gasteiger partial charge >= 0.3 is 0 Å². The highest BCUT2D eigenvalue weighted by Gasteiger charge is 2.23. The van der Waals surface area contributed by atoms with E-state index >= 15 is 0 Å². The summed E-state index contributed by atoms with van der Waals surface area (Å²) < 4.78 is 0. The van der Waals surface area contributed by atoms with Gasteiger partial charge in [0.2, 0.25) is 0 Å². The van der Waals surface area contributed by atoms with Crippen LogP contribution in [0.3, 0.4) is 0 Å². The molecule has 0 amide bonds. The van der Waals surface area contributed by atoms with E-state index in [1.54, 1.807) is 0 Å². The summed E-state index contributed by atoms with van der Waals surface area (Å²) in [7, 11) is 0. The van der Waals surface area contributed by atoms with Gasteiger partial charge in [-0.3, -0.25) is 0 Å². The van der Waals surface area contributed by atoms with Crippen LogP contribution in [0, 0.1) is 0 Å². The molecule has 59 heavy (non-hydrogen) atoms. The van der Waals surface area contributed by atoms with Gasteiger partial charge in [-0.05, 0) is 108 Å². The SMILES string of the molecule is c1ccc(-c2cccc(-c3ccc(N(c4cccc(-c5cccc6ccccc56)c4)c4cccc(-c5ccccc5)c4-c4ccccc4-c4ccccc4)cc3)c2)cc1. The Morgan fingerprint density at radius 1 is 0.237 bits per heavy atom. The number of hydrogen-bond donors (Lipinski definition) is 0. The first-order valence-electron chi connectivity index (χ1n) is 20.3. The molecule has 0 heterocycles. The zero-order valence-electron chi connectivity index (χ0n) is 32.6. The van der Waals surface area contributed by atoms with Crippen molar-refractivity contribution in [3.05, 3.63) is 249 Å². The number of nitrogens with zero attached hydrogens (tertiary/aromatic N) is 1. The van der Waals surface area contributed by atoms with E-state index in [-0.39, 0.29) is 0 Å².